The summed E-state index contributed by atoms with van der Waals surface area (Å²) in [5, 5.41) is 9.84. The molecule has 0 amide bonds. The van der Waals surface area contributed by atoms with Gasteiger partial charge in [-0.2, -0.15) is 0 Å². The zero-order valence-electron chi connectivity index (χ0n) is 10.8. The minimum Gasteiger partial charge on any atom is -0.385 e. The van der Waals surface area contributed by atoms with Crippen LogP contribution in [0.3, 0.4) is 0 Å². The number of hydrogen-bond acceptors (Lipinski definition) is 3. The lowest BCUT2D eigenvalue weighted by atomic mass is 10.1. The largest absolute Gasteiger partial charge is 0.385 e. The van der Waals surface area contributed by atoms with E-state index in [0.717, 1.165) is 12.8 Å². The van der Waals surface area contributed by atoms with Crippen molar-refractivity contribution in [2.24, 2.45) is 0 Å². The minimum atomic E-state index is -0.494. The van der Waals surface area contributed by atoms with Gasteiger partial charge in [-0.05, 0) is 12.5 Å². The molecule has 0 saturated heterocycles. The fraction of sp³-hybridized carbons (Fsp3) is 0.714. The Balaban J connectivity index is 2.03. The Morgan fingerprint density at radius 2 is 1.59 bits per heavy atom. The van der Waals surface area contributed by atoms with E-state index >= 15 is 0 Å². The molecule has 1 heterocycles. The fourth-order valence-corrected chi connectivity index (χ4v) is 1.91. The summed E-state index contributed by atoms with van der Waals surface area (Å²) < 4.78 is 0. The third-order valence-electron chi connectivity index (χ3n) is 2.96. The molecule has 0 fully saturated rings. The summed E-state index contributed by atoms with van der Waals surface area (Å²) in [5.41, 5.74) is 0. The van der Waals surface area contributed by atoms with Crippen LogP contribution in [0.2, 0.25) is 0 Å². The van der Waals surface area contributed by atoms with Gasteiger partial charge in [-0.25, -0.2) is 9.97 Å². The maximum atomic E-state index is 9.84. The van der Waals surface area contributed by atoms with Gasteiger partial charge in [-0.3, -0.25) is 0 Å². The minimum absolute atomic E-state index is 0.494. The lowest BCUT2D eigenvalue weighted by Gasteiger charge is -2.08. The van der Waals surface area contributed by atoms with Crippen LogP contribution in [0.25, 0.3) is 0 Å². The van der Waals surface area contributed by atoms with E-state index in [-0.39, 0.29) is 0 Å². The van der Waals surface area contributed by atoms with E-state index in [2.05, 4.69) is 16.9 Å². The molecule has 0 aromatic carbocycles. The Bertz CT molecular complexity index is 277. The van der Waals surface area contributed by atoms with Crippen molar-refractivity contribution in [2.45, 2.75) is 64.4 Å². The summed E-state index contributed by atoms with van der Waals surface area (Å²) in [4.78, 5) is 8.11. The van der Waals surface area contributed by atoms with Crippen molar-refractivity contribution < 1.29 is 5.11 Å². The van der Waals surface area contributed by atoms with E-state index in [1.54, 1.807) is 18.5 Å². The molecule has 96 valence electrons. The van der Waals surface area contributed by atoms with Gasteiger partial charge in [-0.1, -0.05) is 51.9 Å². The number of rotatable bonds is 9. The SMILES string of the molecule is CCCCCCCCCC(O)c1ncccn1. The second kappa shape index (κ2) is 9.11. The molecule has 0 aliphatic carbocycles. The molecule has 1 N–H and O–H groups in total. The molecule has 0 bridgehead atoms. The van der Waals surface area contributed by atoms with Crippen molar-refractivity contribution in [1.82, 2.24) is 9.97 Å². The van der Waals surface area contributed by atoms with Crippen molar-refractivity contribution in [2.75, 3.05) is 0 Å². The van der Waals surface area contributed by atoms with Crippen molar-refractivity contribution in [3.8, 4) is 0 Å². The van der Waals surface area contributed by atoms with E-state index in [9.17, 15) is 5.11 Å². The first kappa shape index (κ1) is 14.1. The third-order valence-corrected chi connectivity index (χ3v) is 2.96. The van der Waals surface area contributed by atoms with E-state index in [4.69, 9.17) is 0 Å². The molecule has 0 aliphatic rings. The van der Waals surface area contributed by atoms with Crippen LogP contribution in [0.5, 0.6) is 0 Å². The van der Waals surface area contributed by atoms with Gasteiger partial charge in [0.1, 0.15) is 6.10 Å². The van der Waals surface area contributed by atoms with Gasteiger partial charge < -0.3 is 5.11 Å². The van der Waals surface area contributed by atoms with Gasteiger partial charge in [0, 0.05) is 12.4 Å². The summed E-state index contributed by atoms with van der Waals surface area (Å²) in [6.45, 7) is 2.23. The van der Waals surface area contributed by atoms with Crippen LogP contribution in [-0.2, 0) is 0 Å². The van der Waals surface area contributed by atoms with E-state index in [0.29, 0.717) is 5.82 Å². The highest BCUT2D eigenvalue weighted by Crippen LogP contribution is 2.16. The first-order chi connectivity index (χ1) is 8.34. The number of aromatic nitrogens is 2. The van der Waals surface area contributed by atoms with Crippen LogP contribution in [0.1, 0.15) is 70.2 Å². The molecule has 1 rings (SSSR count). The lowest BCUT2D eigenvalue weighted by Crippen LogP contribution is -2.02. The summed E-state index contributed by atoms with van der Waals surface area (Å²) in [7, 11) is 0. The van der Waals surface area contributed by atoms with Crippen LogP contribution < -0.4 is 0 Å². The Labute approximate surface area is 104 Å². The second-order valence-electron chi connectivity index (χ2n) is 4.53. The molecule has 0 saturated carbocycles. The predicted molar refractivity (Wildman–Crippen MR) is 69.6 cm³/mol. The number of unbranched alkanes of at least 4 members (excludes halogenated alkanes) is 6. The molecule has 1 aromatic heterocycles. The highest BCUT2D eigenvalue weighted by molar-refractivity contribution is 4.92. The Morgan fingerprint density at radius 3 is 2.24 bits per heavy atom. The molecular formula is C14H24N2O. The highest BCUT2D eigenvalue weighted by Gasteiger charge is 2.08. The first-order valence-electron chi connectivity index (χ1n) is 6.79. The molecule has 0 spiro atoms. The van der Waals surface area contributed by atoms with Gasteiger partial charge in [0.15, 0.2) is 5.82 Å². The van der Waals surface area contributed by atoms with Crippen LogP contribution in [-0.4, -0.2) is 15.1 Å². The molecule has 1 aromatic rings. The summed E-state index contributed by atoms with van der Waals surface area (Å²) in [5.74, 6) is 0.554. The van der Waals surface area contributed by atoms with Gasteiger partial charge in [0.05, 0.1) is 0 Å². The van der Waals surface area contributed by atoms with Crippen LogP contribution in [0, 0.1) is 0 Å². The average Bonchev–Trinajstić information content (AvgIpc) is 2.38. The molecule has 1 atom stereocenters. The molecule has 1 unspecified atom stereocenters. The Morgan fingerprint density at radius 1 is 1.00 bits per heavy atom. The van der Waals surface area contributed by atoms with Gasteiger partial charge >= 0.3 is 0 Å². The third kappa shape index (κ3) is 6.37. The zero-order chi connectivity index (χ0) is 12.3. The van der Waals surface area contributed by atoms with Gasteiger partial charge in [0.2, 0.25) is 0 Å². The number of hydrogen-bond donors (Lipinski definition) is 1. The monoisotopic (exact) mass is 236 g/mol. The van der Waals surface area contributed by atoms with Gasteiger partial charge in [0.25, 0.3) is 0 Å². The molecule has 17 heavy (non-hydrogen) atoms. The lowest BCUT2D eigenvalue weighted by molar-refractivity contribution is 0.153. The first-order valence-corrected chi connectivity index (χ1v) is 6.79. The molecule has 0 aliphatic heterocycles. The molecule has 0 radical (unpaired) electrons. The Hall–Kier alpha value is -0.960. The molecular weight excluding hydrogens is 212 g/mol. The average molecular weight is 236 g/mol. The maximum absolute atomic E-state index is 9.84. The number of aliphatic hydroxyl groups is 1. The van der Waals surface area contributed by atoms with Crippen LogP contribution in [0.15, 0.2) is 18.5 Å². The topological polar surface area (TPSA) is 46.0 Å². The van der Waals surface area contributed by atoms with Crippen molar-refractivity contribution in [3.05, 3.63) is 24.3 Å². The van der Waals surface area contributed by atoms with Crippen LogP contribution >= 0.6 is 0 Å². The highest BCUT2D eigenvalue weighted by atomic mass is 16.3. The molecule has 3 nitrogen and oxygen atoms in total. The van der Waals surface area contributed by atoms with Crippen LogP contribution in [0.4, 0.5) is 0 Å². The number of aliphatic hydroxyl groups excluding tert-OH is 1. The quantitative estimate of drug-likeness (QED) is 0.666. The van der Waals surface area contributed by atoms with Crippen molar-refractivity contribution in [3.63, 3.8) is 0 Å². The predicted octanol–water partition coefficient (Wildman–Crippen LogP) is 3.65. The number of nitrogens with zero attached hydrogens (tertiary/aromatic N) is 2. The van der Waals surface area contributed by atoms with Crippen molar-refractivity contribution in [1.29, 1.82) is 0 Å². The smallest absolute Gasteiger partial charge is 0.156 e. The summed E-state index contributed by atoms with van der Waals surface area (Å²) >= 11 is 0. The second-order valence-corrected chi connectivity index (χ2v) is 4.53. The summed E-state index contributed by atoms with van der Waals surface area (Å²) in [6, 6.07) is 1.77. The molecule has 3 heteroatoms. The van der Waals surface area contributed by atoms with E-state index in [1.807, 2.05) is 0 Å². The summed E-state index contributed by atoms with van der Waals surface area (Å²) in [6.07, 6.45) is 12.5. The zero-order valence-corrected chi connectivity index (χ0v) is 10.8. The standard InChI is InChI=1S/C14H24N2O/c1-2-3-4-5-6-7-8-10-13(17)14-15-11-9-12-16-14/h9,11-13,17H,2-8,10H2,1H3. The Kier molecular flexibility index (Phi) is 7.56. The van der Waals surface area contributed by atoms with Gasteiger partial charge in [-0.15, -0.1) is 0 Å². The maximum Gasteiger partial charge on any atom is 0.156 e. The van der Waals surface area contributed by atoms with Crippen molar-refractivity contribution >= 4 is 0 Å². The van der Waals surface area contributed by atoms with E-state index < -0.39 is 6.10 Å². The normalized spacial score (nSPS) is 12.6. The van der Waals surface area contributed by atoms with E-state index in [1.165, 1.54) is 38.5 Å². The fourth-order valence-electron chi connectivity index (χ4n) is 1.91.